The summed E-state index contributed by atoms with van der Waals surface area (Å²) in [6.45, 7) is 4.81. The van der Waals surface area contributed by atoms with E-state index in [1.165, 1.54) is 0 Å². The number of benzene rings is 1. The van der Waals surface area contributed by atoms with Crippen LogP contribution in [0.5, 0.6) is 0 Å². The van der Waals surface area contributed by atoms with E-state index in [0.717, 1.165) is 11.8 Å². The van der Waals surface area contributed by atoms with Gasteiger partial charge in [-0.1, -0.05) is 30.3 Å². The molecule has 10 nitrogen and oxygen atoms in total. The zero-order valence-corrected chi connectivity index (χ0v) is 17.9. The molecule has 6 N–H and O–H groups in total. The Morgan fingerprint density at radius 2 is 1.77 bits per heavy atom. The highest BCUT2D eigenvalue weighted by atomic mass is 32.2. The average Bonchev–Trinajstić information content (AvgIpc) is 2.64. The highest BCUT2D eigenvalue weighted by molar-refractivity contribution is 7.99. The van der Waals surface area contributed by atoms with Gasteiger partial charge in [-0.05, 0) is 26.3 Å². The molecule has 11 heteroatoms. The maximum atomic E-state index is 12.3. The van der Waals surface area contributed by atoms with Gasteiger partial charge < -0.3 is 31.4 Å². The summed E-state index contributed by atoms with van der Waals surface area (Å²) in [5.74, 6) is -4.08. The number of carbonyl (C=O) groups excluding carboxylic acids is 3. The third-order valence-electron chi connectivity index (χ3n) is 3.61. The first-order valence-electron chi connectivity index (χ1n) is 8.95. The number of carboxylic acids is 1. The van der Waals surface area contributed by atoms with Crippen molar-refractivity contribution >= 4 is 35.7 Å². The van der Waals surface area contributed by atoms with Gasteiger partial charge in [0.15, 0.2) is 0 Å². The fraction of sp³-hybridized carbons (Fsp3) is 0.474. The van der Waals surface area contributed by atoms with Gasteiger partial charge in [0.2, 0.25) is 11.4 Å². The van der Waals surface area contributed by atoms with E-state index in [0.29, 0.717) is 5.56 Å². The van der Waals surface area contributed by atoms with Gasteiger partial charge in [0.25, 0.3) is 0 Å². The predicted molar refractivity (Wildman–Crippen MR) is 110 cm³/mol. The third kappa shape index (κ3) is 8.29. The van der Waals surface area contributed by atoms with Crippen molar-refractivity contribution in [2.24, 2.45) is 11.5 Å². The monoisotopic (exact) mass is 441 g/mol. The van der Waals surface area contributed by atoms with Crippen LogP contribution in [-0.4, -0.2) is 57.7 Å². The lowest BCUT2D eigenvalue weighted by molar-refractivity contribution is -0.160. The molecule has 2 atom stereocenters. The molecule has 0 aliphatic heterocycles. The Labute approximate surface area is 178 Å². The number of primary amides is 1. The maximum absolute atomic E-state index is 12.3. The number of nitrogens with one attached hydrogen (secondary N) is 1. The van der Waals surface area contributed by atoms with E-state index in [1.807, 2.05) is 0 Å². The molecule has 0 aromatic heterocycles. The van der Waals surface area contributed by atoms with Gasteiger partial charge in [0.05, 0.1) is 0 Å². The van der Waals surface area contributed by atoms with Gasteiger partial charge in [-0.3, -0.25) is 4.79 Å². The molecular formula is C19H27N3O7S. The Hall–Kier alpha value is -2.79. The Balaban J connectivity index is 2.68. The minimum absolute atomic E-state index is 0.118. The molecular weight excluding hydrogens is 414 g/mol. The quantitative estimate of drug-likeness (QED) is 0.300. The summed E-state index contributed by atoms with van der Waals surface area (Å²) in [6.07, 6.45) is -0.855. The zero-order valence-electron chi connectivity index (χ0n) is 17.0. The molecule has 0 spiro atoms. The number of aliphatic carboxylic acids is 1. The van der Waals surface area contributed by atoms with Crippen LogP contribution in [0.25, 0.3) is 0 Å². The van der Waals surface area contributed by atoms with Crippen molar-refractivity contribution in [3.8, 4) is 0 Å². The van der Waals surface area contributed by atoms with Gasteiger partial charge in [-0.25, -0.2) is 14.4 Å². The summed E-state index contributed by atoms with van der Waals surface area (Å²) in [5, 5.41) is 11.7. The summed E-state index contributed by atoms with van der Waals surface area (Å²) < 4.78 is 10.1. The van der Waals surface area contributed by atoms with Crippen LogP contribution in [0.4, 0.5) is 4.79 Å². The Bertz CT molecular complexity index is 767. The van der Waals surface area contributed by atoms with Crippen molar-refractivity contribution in [1.82, 2.24) is 5.32 Å². The summed E-state index contributed by atoms with van der Waals surface area (Å²) in [7, 11) is 0. The molecule has 1 aromatic carbocycles. The van der Waals surface area contributed by atoms with E-state index >= 15 is 0 Å². The van der Waals surface area contributed by atoms with Gasteiger partial charge in [0.1, 0.15) is 18.2 Å². The van der Waals surface area contributed by atoms with Crippen LogP contribution in [0, 0.1) is 0 Å². The number of amides is 2. The average molecular weight is 442 g/mol. The smallest absolute Gasteiger partial charge is 0.408 e. The Morgan fingerprint density at radius 3 is 2.27 bits per heavy atom. The van der Waals surface area contributed by atoms with Crippen LogP contribution in [0.15, 0.2) is 30.3 Å². The van der Waals surface area contributed by atoms with Crippen molar-refractivity contribution in [3.05, 3.63) is 35.9 Å². The van der Waals surface area contributed by atoms with Gasteiger partial charge in [-0.15, -0.1) is 0 Å². The number of hydrogen-bond donors (Lipinski definition) is 4. The molecule has 166 valence electrons. The molecule has 0 heterocycles. The Kier molecular flexibility index (Phi) is 9.12. The molecule has 1 rings (SSSR count). The minimum Gasteiger partial charge on any atom is -0.479 e. The predicted octanol–water partition coefficient (Wildman–Crippen LogP) is 0.624. The summed E-state index contributed by atoms with van der Waals surface area (Å²) in [4.78, 5) is 47.3. The topological polar surface area (TPSA) is 171 Å². The first kappa shape index (κ1) is 25.2. The number of nitrogens with two attached hydrogens (primary N) is 2. The largest absolute Gasteiger partial charge is 0.479 e. The van der Waals surface area contributed by atoms with Crippen molar-refractivity contribution in [2.75, 3.05) is 11.5 Å². The normalized spacial score (nSPS) is 14.1. The molecule has 2 amide bonds. The van der Waals surface area contributed by atoms with E-state index in [4.69, 9.17) is 20.9 Å². The first-order valence-corrected chi connectivity index (χ1v) is 10.1. The highest BCUT2D eigenvalue weighted by Gasteiger charge is 2.44. The number of thioether (sulfide) groups is 1. The number of alkyl carbamates (subject to hydrolysis) is 1. The van der Waals surface area contributed by atoms with E-state index in [2.05, 4.69) is 5.32 Å². The summed E-state index contributed by atoms with van der Waals surface area (Å²) >= 11 is 0.857. The summed E-state index contributed by atoms with van der Waals surface area (Å²) in [5.41, 5.74) is 8.59. The molecule has 0 radical (unpaired) electrons. The molecule has 0 fully saturated rings. The van der Waals surface area contributed by atoms with Crippen LogP contribution in [0.3, 0.4) is 0 Å². The van der Waals surface area contributed by atoms with Crippen molar-refractivity contribution in [1.29, 1.82) is 0 Å². The molecule has 0 saturated heterocycles. The number of rotatable bonds is 10. The van der Waals surface area contributed by atoms with Crippen LogP contribution >= 0.6 is 11.8 Å². The van der Waals surface area contributed by atoms with Crippen LogP contribution < -0.4 is 16.8 Å². The SMILES string of the molecule is CC(C)(C)OC(=O)NC(CSCC(N)(C(=O)O)C(=O)OCc1ccccc1)C(N)=O. The fourth-order valence-electron chi connectivity index (χ4n) is 2.04. The summed E-state index contributed by atoms with van der Waals surface area (Å²) in [6, 6.07) is 7.54. The highest BCUT2D eigenvalue weighted by Crippen LogP contribution is 2.16. The number of esters is 1. The van der Waals surface area contributed by atoms with Crippen LogP contribution in [0.1, 0.15) is 26.3 Å². The second kappa shape index (κ2) is 10.8. The third-order valence-corrected chi connectivity index (χ3v) is 4.84. The number of ether oxygens (including phenoxy) is 2. The second-order valence-corrected chi connectivity index (χ2v) is 8.48. The molecule has 1 aromatic rings. The van der Waals surface area contributed by atoms with Crippen molar-refractivity contribution in [2.45, 2.75) is 44.6 Å². The lowest BCUT2D eigenvalue weighted by Gasteiger charge is -2.24. The van der Waals surface area contributed by atoms with E-state index in [-0.39, 0.29) is 12.4 Å². The second-order valence-electron chi connectivity index (χ2n) is 7.45. The molecule has 0 bridgehead atoms. The molecule has 2 unspecified atom stereocenters. The Morgan fingerprint density at radius 1 is 1.17 bits per heavy atom. The maximum Gasteiger partial charge on any atom is 0.408 e. The molecule has 0 aliphatic carbocycles. The van der Waals surface area contributed by atoms with Crippen molar-refractivity contribution in [3.63, 3.8) is 0 Å². The number of carbonyl (C=O) groups is 4. The van der Waals surface area contributed by atoms with E-state index in [9.17, 15) is 24.3 Å². The molecule has 0 aliphatic rings. The van der Waals surface area contributed by atoms with Gasteiger partial charge in [-0.2, -0.15) is 11.8 Å². The first-order chi connectivity index (χ1) is 13.8. The lowest BCUT2D eigenvalue weighted by Crippen LogP contribution is -2.58. The fourth-order valence-corrected chi connectivity index (χ4v) is 3.21. The lowest BCUT2D eigenvalue weighted by atomic mass is 10.1. The van der Waals surface area contributed by atoms with Crippen LogP contribution in [0.2, 0.25) is 0 Å². The zero-order chi connectivity index (χ0) is 22.9. The number of carboxylic acid groups (broad SMARTS) is 1. The van der Waals surface area contributed by atoms with Gasteiger partial charge >= 0.3 is 18.0 Å². The number of hydrogen-bond acceptors (Lipinski definition) is 8. The molecule has 0 saturated carbocycles. The van der Waals surface area contributed by atoms with E-state index < -0.39 is 46.9 Å². The van der Waals surface area contributed by atoms with Crippen molar-refractivity contribution < 1.29 is 33.8 Å². The molecule has 30 heavy (non-hydrogen) atoms. The van der Waals surface area contributed by atoms with Gasteiger partial charge in [0, 0.05) is 11.5 Å². The van der Waals surface area contributed by atoms with Crippen LogP contribution in [-0.2, 0) is 30.5 Å². The standard InChI is InChI=1S/C19H27N3O7S/c1-18(2,3)29-17(27)22-13(14(20)23)10-30-11-19(21,15(24)25)16(26)28-9-12-7-5-4-6-8-12/h4-8,13H,9-11,21H2,1-3H3,(H2,20,23)(H,22,27)(H,24,25). The van der Waals surface area contributed by atoms with E-state index in [1.54, 1.807) is 51.1 Å². The minimum atomic E-state index is -2.34.